The molecule has 0 aliphatic carbocycles. The summed E-state index contributed by atoms with van der Waals surface area (Å²) in [5, 5.41) is 0. The van der Waals surface area contributed by atoms with Crippen LogP contribution in [-0.4, -0.2) is 39.9 Å². The molecule has 1 unspecified atom stereocenters. The van der Waals surface area contributed by atoms with E-state index in [0.29, 0.717) is 22.9 Å². The van der Waals surface area contributed by atoms with Crippen molar-refractivity contribution in [3.8, 4) is 0 Å². The number of primary amides is 1. The molecule has 7 heteroatoms. The lowest BCUT2D eigenvalue weighted by Gasteiger charge is -2.20. The highest BCUT2D eigenvalue weighted by atomic mass is 19.1. The molecular weight excluding hydrogens is 309 g/mol. The highest BCUT2D eigenvalue weighted by molar-refractivity contribution is 6.04. The Labute approximate surface area is 139 Å². The van der Waals surface area contributed by atoms with Crippen LogP contribution in [0.2, 0.25) is 0 Å². The molecular formula is C17H22FN5O. The van der Waals surface area contributed by atoms with Crippen molar-refractivity contribution < 1.29 is 9.18 Å². The summed E-state index contributed by atoms with van der Waals surface area (Å²) in [6.45, 7) is 6.23. The topological polar surface area (TPSA) is 101 Å². The van der Waals surface area contributed by atoms with Crippen molar-refractivity contribution in [1.29, 1.82) is 0 Å². The fourth-order valence-electron chi connectivity index (χ4n) is 3.33. The van der Waals surface area contributed by atoms with E-state index in [1.165, 1.54) is 6.07 Å². The van der Waals surface area contributed by atoms with Gasteiger partial charge in [-0.05, 0) is 38.9 Å². The number of amides is 1. The van der Waals surface area contributed by atoms with Crippen molar-refractivity contribution in [3.05, 3.63) is 35.5 Å². The number of fused-ring (bicyclic) bond motifs is 1. The third-order valence-corrected chi connectivity index (χ3v) is 4.66. The highest BCUT2D eigenvalue weighted by Gasteiger charge is 2.29. The van der Waals surface area contributed by atoms with Crippen LogP contribution in [-0.2, 0) is 0 Å². The lowest BCUT2D eigenvalue weighted by molar-refractivity contribution is 0.100. The maximum atomic E-state index is 13.7. The number of rotatable bonds is 4. The third-order valence-electron chi connectivity index (χ3n) is 4.66. The number of halogens is 1. The summed E-state index contributed by atoms with van der Waals surface area (Å²) >= 11 is 0. The number of nitrogens with zero attached hydrogens (tertiary/aromatic N) is 2. The van der Waals surface area contributed by atoms with Crippen molar-refractivity contribution in [2.45, 2.75) is 26.3 Å². The molecule has 1 aromatic heterocycles. The Balaban J connectivity index is 1.99. The molecule has 0 saturated carbocycles. The molecule has 0 bridgehead atoms. The Morgan fingerprint density at radius 2 is 2.25 bits per heavy atom. The lowest BCUT2D eigenvalue weighted by Crippen LogP contribution is -2.28. The summed E-state index contributed by atoms with van der Waals surface area (Å²) in [6.07, 6.45) is 2.53. The van der Waals surface area contributed by atoms with Crippen LogP contribution in [0.3, 0.4) is 0 Å². The molecule has 1 saturated heterocycles. The van der Waals surface area contributed by atoms with E-state index in [-0.39, 0.29) is 11.5 Å². The number of H-pyrrole nitrogens is 1. The second-order valence-electron chi connectivity index (χ2n) is 6.50. The summed E-state index contributed by atoms with van der Waals surface area (Å²) in [5.41, 5.74) is 12.9. The minimum atomic E-state index is -0.706. The molecule has 128 valence electrons. The zero-order chi connectivity index (χ0) is 17.4. The van der Waals surface area contributed by atoms with E-state index in [1.807, 2.05) is 0 Å². The number of aromatic nitrogens is 2. The quantitative estimate of drug-likeness (QED) is 0.795. The third kappa shape index (κ3) is 2.87. The fraction of sp³-hybridized carbons (Fsp3) is 0.412. The molecule has 1 amide bonds. The standard InChI is InChI=1S/C17H22FN5O/c1-9(2)23-4-3-10(8-23)13(7-19)17-21-14-6-11(18)5-12(16(20)24)15(14)22-17/h5-7,9-10H,3-4,8,19H2,1-2H3,(H2,20,24)(H,21,22). The van der Waals surface area contributed by atoms with E-state index in [9.17, 15) is 9.18 Å². The van der Waals surface area contributed by atoms with Crippen LogP contribution in [0.15, 0.2) is 18.3 Å². The van der Waals surface area contributed by atoms with E-state index < -0.39 is 11.7 Å². The van der Waals surface area contributed by atoms with Crippen LogP contribution in [0.4, 0.5) is 4.39 Å². The van der Waals surface area contributed by atoms with E-state index >= 15 is 0 Å². The van der Waals surface area contributed by atoms with Gasteiger partial charge in [-0.25, -0.2) is 9.37 Å². The number of nitrogens with two attached hydrogens (primary N) is 2. The van der Waals surface area contributed by atoms with Crippen molar-refractivity contribution in [2.24, 2.45) is 17.4 Å². The highest BCUT2D eigenvalue weighted by Crippen LogP contribution is 2.31. The Morgan fingerprint density at radius 1 is 1.50 bits per heavy atom. The predicted octanol–water partition coefficient (Wildman–Crippen LogP) is 1.83. The number of aromatic amines is 1. The molecule has 0 spiro atoms. The van der Waals surface area contributed by atoms with Crippen LogP contribution >= 0.6 is 0 Å². The van der Waals surface area contributed by atoms with Crippen LogP contribution in [0.5, 0.6) is 0 Å². The molecule has 1 aliphatic rings. The van der Waals surface area contributed by atoms with Gasteiger partial charge in [0.05, 0.1) is 11.1 Å². The average Bonchev–Trinajstić information content (AvgIpc) is 3.14. The molecule has 2 aromatic rings. The second kappa shape index (κ2) is 6.24. The second-order valence-corrected chi connectivity index (χ2v) is 6.50. The minimum Gasteiger partial charge on any atom is -0.404 e. The first-order valence-electron chi connectivity index (χ1n) is 8.06. The smallest absolute Gasteiger partial charge is 0.251 e. The van der Waals surface area contributed by atoms with Gasteiger partial charge < -0.3 is 21.4 Å². The summed E-state index contributed by atoms with van der Waals surface area (Å²) in [4.78, 5) is 21.5. The molecule has 1 aliphatic heterocycles. The van der Waals surface area contributed by atoms with Gasteiger partial charge in [0.2, 0.25) is 0 Å². The molecule has 1 atom stereocenters. The molecule has 1 fully saturated rings. The van der Waals surface area contributed by atoms with Crippen molar-refractivity contribution in [1.82, 2.24) is 14.9 Å². The Kier molecular flexibility index (Phi) is 4.28. The number of hydrogen-bond acceptors (Lipinski definition) is 4. The monoisotopic (exact) mass is 331 g/mol. The number of hydrogen-bond donors (Lipinski definition) is 3. The lowest BCUT2D eigenvalue weighted by atomic mass is 9.98. The Hall–Kier alpha value is -2.41. The van der Waals surface area contributed by atoms with E-state index in [4.69, 9.17) is 11.5 Å². The minimum absolute atomic E-state index is 0.0686. The van der Waals surface area contributed by atoms with Crippen LogP contribution in [0.1, 0.15) is 36.5 Å². The van der Waals surface area contributed by atoms with E-state index in [1.54, 1.807) is 6.20 Å². The molecule has 3 rings (SSSR count). The molecule has 24 heavy (non-hydrogen) atoms. The molecule has 6 nitrogen and oxygen atoms in total. The van der Waals surface area contributed by atoms with Gasteiger partial charge in [-0.15, -0.1) is 0 Å². The normalized spacial score (nSPS) is 19.5. The average molecular weight is 331 g/mol. The van der Waals surface area contributed by atoms with Gasteiger partial charge >= 0.3 is 0 Å². The molecule has 5 N–H and O–H groups in total. The van der Waals surface area contributed by atoms with Crippen molar-refractivity contribution in [2.75, 3.05) is 13.1 Å². The number of carbonyl (C=O) groups is 1. The predicted molar refractivity (Wildman–Crippen MR) is 91.6 cm³/mol. The summed E-state index contributed by atoms with van der Waals surface area (Å²) < 4.78 is 13.7. The Bertz CT molecular complexity index is 811. The first kappa shape index (κ1) is 16.4. The van der Waals surface area contributed by atoms with Gasteiger partial charge in [-0.3, -0.25) is 4.79 Å². The molecule has 1 aromatic carbocycles. The summed E-state index contributed by atoms with van der Waals surface area (Å²) in [5.74, 6) is -0.421. The first-order valence-corrected chi connectivity index (χ1v) is 8.06. The van der Waals surface area contributed by atoms with Crippen LogP contribution in [0.25, 0.3) is 16.6 Å². The van der Waals surface area contributed by atoms with Crippen LogP contribution < -0.4 is 11.5 Å². The van der Waals surface area contributed by atoms with E-state index in [2.05, 4.69) is 28.7 Å². The maximum absolute atomic E-state index is 13.7. The van der Waals surface area contributed by atoms with E-state index in [0.717, 1.165) is 31.1 Å². The fourth-order valence-corrected chi connectivity index (χ4v) is 3.33. The van der Waals surface area contributed by atoms with Gasteiger partial charge in [-0.1, -0.05) is 0 Å². The SMILES string of the molecule is CC(C)N1CCC(C(=CN)c2nc3c(C(N)=O)cc(F)cc3[nH]2)C1. The van der Waals surface area contributed by atoms with Gasteiger partial charge in [-0.2, -0.15) is 0 Å². The zero-order valence-electron chi connectivity index (χ0n) is 13.8. The number of benzene rings is 1. The van der Waals surface area contributed by atoms with Gasteiger partial charge in [0.25, 0.3) is 5.91 Å². The summed E-state index contributed by atoms with van der Waals surface area (Å²) in [6, 6.07) is 2.89. The van der Waals surface area contributed by atoms with Gasteiger partial charge in [0.15, 0.2) is 0 Å². The summed E-state index contributed by atoms with van der Waals surface area (Å²) in [7, 11) is 0. The van der Waals surface area contributed by atoms with Crippen molar-refractivity contribution in [3.63, 3.8) is 0 Å². The molecule has 2 heterocycles. The molecule has 0 radical (unpaired) electrons. The maximum Gasteiger partial charge on any atom is 0.251 e. The van der Waals surface area contributed by atoms with Crippen LogP contribution in [0, 0.1) is 11.7 Å². The largest absolute Gasteiger partial charge is 0.404 e. The number of carbonyl (C=O) groups excluding carboxylic acids is 1. The first-order chi connectivity index (χ1) is 11.4. The van der Waals surface area contributed by atoms with Gasteiger partial charge in [0.1, 0.15) is 17.2 Å². The zero-order valence-corrected chi connectivity index (χ0v) is 13.8. The Morgan fingerprint density at radius 3 is 2.83 bits per heavy atom. The van der Waals surface area contributed by atoms with Crippen molar-refractivity contribution >= 4 is 22.5 Å². The number of nitrogens with one attached hydrogen (secondary N) is 1. The van der Waals surface area contributed by atoms with Gasteiger partial charge in [0, 0.05) is 30.3 Å². The number of likely N-dealkylation sites (tertiary alicyclic amines) is 1. The number of imidazole rings is 1.